The monoisotopic (exact) mass is 198 g/mol. The summed E-state index contributed by atoms with van der Waals surface area (Å²) in [5.74, 6) is 0.929. The van der Waals surface area contributed by atoms with Crippen LogP contribution in [0.1, 0.15) is 6.92 Å². The van der Waals surface area contributed by atoms with Gasteiger partial charge in [-0.1, -0.05) is 42.5 Å². The third kappa shape index (κ3) is 2.38. The SMILES string of the molecule is CCOc1cccc(-c2ccccc2)c1. The van der Waals surface area contributed by atoms with Crippen molar-refractivity contribution in [1.29, 1.82) is 0 Å². The van der Waals surface area contributed by atoms with Gasteiger partial charge in [0.15, 0.2) is 0 Å². The molecule has 0 radical (unpaired) electrons. The molecule has 76 valence electrons. The quantitative estimate of drug-likeness (QED) is 0.729. The zero-order chi connectivity index (χ0) is 10.5. The second kappa shape index (κ2) is 4.65. The maximum absolute atomic E-state index is 5.47. The highest BCUT2D eigenvalue weighted by molar-refractivity contribution is 5.64. The van der Waals surface area contributed by atoms with E-state index in [2.05, 4.69) is 24.3 Å². The molecular formula is C14H14O. The van der Waals surface area contributed by atoms with E-state index < -0.39 is 0 Å². The fourth-order valence-corrected chi connectivity index (χ4v) is 1.56. The van der Waals surface area contributed by atoms with Gasteiger partial charge in [0.25, 0.3) is 0 Å². The molecule has 0 heterocycles. The van der Waals surface area contributed by atoms with E-state index in [1.165, 1.54) is 11.1 Å². The summed E-state index contributed by atoms with van der Waals surface area (Å²) in [5.41, 5.74) is 2.42. The first-order chi connectivity index (χ1) is 7.40. The molecule has 0 aliphatic rings. The summed E-state index contributed by atoms with van der Waals surface area (Å²) in [6.07, 6.45) is 0. The van der Waals surface area contributed by atoms with Crippen LogP contribution in [0.3, 0.4) is 0 Å². The van der Waals surface area contributed by atoms with Crippen molar-refractivity contribution in [3.05, 3.63) is 54.6 Å². The lowest BCUT2D eigenvalue weighted by Gasteiger charge is -2.05. The molecular weight excluding hydrogens is 184 g/mol. The van der Waals surface area contributed by atoms with Crippen LogP contribution in [0.25, 0.3) is 11.1 Å². The lowest BCUT2D eigenvalue weighted by Crippen LogP contribution is -1.90. The van der Waals surface area contributed by atoms with Crippen LogP contribution in [0.15, 0.2) is 54.6 Å². The number of benzene rings is 2. The zero-order valence-corrected chi connectivity index (χ0v) is 8.81. The number of hydrogen-bond acceptors (Lipinski definition) is 1. The van der Waals surface area contributed by atoms with Crippen molar-refractivity contribution < 1.29 is 4.74 Å². The Bertz CT molecular complexity index is 420. The molecule has 0 N–H and O–H groups in total. The predicted octanol–water partition coefficient (Wildman–Crippen LogP) is 3.75. The molecule has 0 atom stereocenters. The Hall–Kier alpha value is -1.76. The average Bonchev–Trinajstić information content (AvgIpc) is 2.31. The smallest absolute Gasteiger partial charge is 0.119 e. The van der Waals surface area contributed by atoms with Gasteiger partial charge in [0.2, 0.25) is 0 Å². The molecule has 0 aliphatic heterocycles. The lowest BCUT2D eigenvalue weighted by atomic mass is 10.1. The van der Waals surface area contributed by atoms with E-state index in [0.717, 1.165) is 5.75 Å². The van der Waals surface area contributed by atoms with Gasteiger partial charge in [-0.15, -0.1) is 0 Å². The number of hydrogen-bond donors (Lipinski definition) is 0. The van der Waals surface area contributed by atoms with Crippen molar-refractivity contribution in [3.8, 4) is 16.9 Å². The minimum atomic E-state index is 0.707. The fraction of sp³-hybridized carbons (Fsp3) is 0.143. The normalized spacial score (nSPS) is 9.93. The highest BCUT2D eigenvalue weighted by atomic mass is 16.5. The Labute approximate surface area is 90.3 Å². The van der Waals surface area contributed by atoms with Crippen LogP contribution >= 0.6 is 0 Å². The topological polar surface area (TPSA) is 9.23 Å². The van der Waals surface area contributed by atoms with Gasteiger partial charge < -0.3 is 4.74 Å². The lowest BCUT2D eigenvalue weighted by molar-refractivity contribution is 0.340. The van der Waals surface area contributed by atoms with Crippen LogP contribution in [0.2, 0.25) is 0 Å². The Morgan fingerprint density at radius 1 is 0.867 bits per heavy atom. The van der Waals surface area contributed by atoms with Crippen molar-refractivity contribution >= 4 is 0 Å². The van der Waals surface area contributed by atoms with Gasteiger partial charge in [0, 0.05) is 0 Å². The first kappa shape index (κ1) is 9.78. The minimum absolute atomic E-state index is 0.707. The van der Waals surface area contributed by atoms with E-state index in [4.69, 9.17) is 4.74 Å². The molecule has 0 bridgehead atoms. The highest BCUT2D eigenvalue weighted by Gasteiger charge is 1.98. The molecule has 1 nitrogen and oxygen atoms in total. The third-order valence-corrected chi connectivity index (χ3v) is 2.25. The molecule has 0 saturated carbocycles. The molecule has 1 heteroatoms. The molecule has 0 fully saturated rings. The highest BCUT2D eigenvalue weighted by Crippen LogP contribution is 2.23. The zero-order valence-electron chi connectivity index (χ0n) is 8.81. The first-order valence-electron chi connectivity index (χ1n) is 5.18. The summed E-state index contributed by atoms with van der Waals surface area (Å²) in [5, 5.41) is 0. The van der Waals surface area contributed by atoms with Gasteiger partial charge in [-0.2, -0.15) is 0 Å². The van der Waals surface area contributed by atoms with Crippen molar-refractivity contribution in [3.63, 3.8) is 0 Å². The van der Waals surface area contributed by atoms with Gasteiger partial charge in [-0.25, -0.2) is 0 Å². The summed E-state index contributed by atoms with van der Waals surface area (Å²) < 4.78 is 5.47. The van der Waals surface area contributed by atoms with Gasteiger partial charge in [0.1, 0.15) is 5.75 Å². The van der Waals surface area contributed by atoms with Crippen molar-refractivity contribution in [2.45, 2.75) is 6.92 Å². The molecule has 0 amide bonds. The van der Waals surface area contributed by atoms with Crippen molar-refractivity contribution in [1.82, 2.24) is 0 Å². The molecule has 2 rings (SSSR count). The van der Waals surface area contributed by atoms with E-state index in [1.54, 1.807) is 0 Å². The van der Waals surface area contributed by atoms with Crippen LogP contribution < -0.4 is 4.74 Å². The molecule has 0 aliphatic carbocycles. The Balaban J connectivity index is 2.33. The van der Waals surface area contributed by atoms with E-state index in [9.17, 15) is 0 Å². The Morgan fingerprint density at radius 2 is 1.60 bits per heavy atom. The van der Waals surface area contributed by atoms with Crippen LogP contribution in [-0.4, -0.2) is 6.61 Å². The van der Waals surface area contributed by atoms with E-state index in [1.807, 2.05) is 37.3 Å². The number of rotatable bonds is 3. The average molecular weight is 198 g/mol. The second-order valence-electron chi connectivity index (χ2n) is 3.33. The molecule has 0 saturated heterocycles. The van der Waals surface area contributed by atoms with E-state index >= 15 is 0 Å². The van der Waals surface area contributed by atoms with Gasteiger partial charge in [0.05, 0.1) is 6.61 Å². The van der Waals surface area contributed by atoms with Crippen LogP contribution in [0.4, 0.5) is 0 Å². The molecule has 0 unspecified atom stereocenters. The summed E-state index contributed by atoms with van der Waals surface area (Å²) >= 11 is 0. The summed E-state index contributed by atoms with van der Waals surface area (Å²) in [6.45, 7) is 2.70. The van der Waals surface area contributed by atoms with Gasteiger partial charge in [-0.3, -0.25) is 0 Å². The van der Waals surface area contributed by atoms with Crippen molar-refractivity contribution in [2.75, 3.05) is 6.61 Å². The first-order valence-corrected chi connectivity index (χ1v) is 5.18. The molecule has 2 aromatic rings. The van der Waals surface area contributed by atoms with E-state index in [-0.39, 0.29) is 0 Å². The van der Waals surface area contributed by atoms with Gasteiger partial charge in [-0.05, 0) is 30.2 Å². The Kier molecular flexibility index (Phi) is 3.03. The summed E-state index contributed by atoms with van der Waals surface area (Å²) in [7, 11) is 0. The third-order valence-electron chi connectivity index (χ3n) is 2.25. The standard InChI is InChI=1S/C14H14O/c1-2-15-14-10-6-9-13(11-14)12-7-4-3-5-8-12/h3-11H,2H2,1H3. The van der Waals surface area contributed by atoms with Gasteiger partial charge >= 0.3 is 0 Å². The summed E-state index contributed by atoms with van der Waals surface area (Å²) in [4.78, 5) is 0. The predicted molar refractivity (Wildman–Crippen MR) is 63.0 cm³/mol. The van der Waals surface area contributed by atoms with Crippen LogP contribution in [0, 0.1) is 0 Å². The molecule has 15 heavy (non-hydrogen) atoms. The van der Waals surface area contributed by atoms with E-state index in [0.29, 0.717) is 6.61 Å². The fourth-order valence-electron chi connectivity index (χ4n) is 1.56. The largest absolute Gasteiger partial charge is 0.494 e. The second-order valence-corrected chi connectivity index (χ2v) is 3.33. The van der Waals surface area contributed by atoms with Crippen LogP contribution in [-0.2, 0) is 0 Å². The molecule has 0 aromatic heterocycles. The van der Waals surface area contributed by atoms with Crippen molar-refractivity contribution in [2.24, 2.45) is 0 Å². The Morgan fingerprint density at radius 3 is 2.33 bits per heavy atom. The minimum Gasteiger partial charge on any atom is -0.494 e. The number of ether oxygens (including phenoxy) is 1. The summed E-state index contributed by atoms with van der Waals surface area (Å²) in [6, 6.07) is 18.5. The maximum atomic E-state index is 5.47. The molecule has 0 spiro atoms. The maximum Gasteiger partial charge on any atom is 0.119 e. The molecule has 2 aromatic carbocycles. The van der Waals surface area contributed by atoms with Crippen LogP contribution in [0.5, 0.6) is 5.75 Å².